The molecule has 0 spiro atoms. The molecule has 1 aromatic heterocycles. The van der Waals surface area contributed by atoms with Gasteiger partial charge >= 0.3 is 6.18 Å². The SMILES string of the molecule is CN(c1nncs1)S(=O)(=O)c1cccc(C(C)(C)C(F)(F)F)c1. The maximum atomic E-state index is 13.2. The van der Waals surface area contributed by atoms with Crippen LogP contribution in [0, 0.1) is 0 Å². The highest BCUT2D eigenvalue weighted by molar-refractivity contribution is 7.93. The van der Waals surface area contributed by atoms with E-state index < -0.39 is 21.6 Å². The van der Waals surface area contributed by atoms with Crippen LogP contribution in [0.3, 0.4) is 0 Å². The third-order valence-electron chi connectivity index (χ3n) is 3.54. The Morgan fingerprint density at radius 2 is 1.87 bits per heavy atom. The van der Waals surface area contributed by atoms with Crippen LogP contribution in [0.1, 0.15) is 19.4 Å². The van der Waals surface area contributed by atoms with E-state index >= 15 is 0 Å². The molecule has 0 aliphatic carbocycles. The van der Waals surface area contributed by atoms with Crippen molar-refractivity contribution >= 4 is 26.5 Å². The monoisotopic (exact) mass is 365 g/mol. The fourth-order valence-corrected chi connectivity index (χ4v) is 3.71. The number of halogens is 3. The van der Waals surface area contributed by atoms with Gasteiger partial charge in [0.05, 0.1) is 10.3 Å². The normalized spacial score (nSPS) is 13.1. The minimum Gasteiger partial charge on any atom is -0.243 e. The smallest absolute Gasteiger partial charge is 0.243 e. The molecule has 0 fully saturated rings. The van der Waals surface area contributed by atoms with Gasteiger partial charge in [0.15, 0.2) is 0 Å². The molecule has 0 radical (unpaired) electrons. The summed E-state index contributed by atoms with van der Waals surface area (Å²) in [6, 6.07) is 4.85. The maximum absolute atomic E-state index is 13.2. The van der Waals surface area contributed by atoms with Crippen LogP contribution in [0.4, 0.5) is 18.3 Å². The van der Waals surface area contributed by atoms with Gasteiger partial charge in [-0.3, -0.25) is 0 Å². The van der Waals surface area contributed by atoms with Gasteiger partial charge in [0.2, 0.25) is 5.13 Å². The van der Waals surface area contributed by atoms with Gasteiger partial charge in [-0.2, -0.15) is 13.2 Å². The summed E-state index contributed by atoms with van der Waals surface area (Å²) in [6.07, 6.45) is -4.50. The molecule has 0 atom stereocenters. The largest absolute Gasteiger partial charge is 0.397 e. The zero-order valence-corrected chi connectivity index (χ0v) is 14.1. The Morgan fingerprint density at radius 3 is 2.39 bits per heavy atom. The van der Waals surface area contributed by atoms with Crippen LogP contribution in [-0.2, 0) is 15.4 Å². The molecular weight excluding hydrogens is 351 g/mol. The predicted molar refractivity (Wildman–Crippen MR) is 81.0 cm³/mol. The Kier molecular flexibility index (Phi) is 4.42. The fourth-order valence-electron chi connectivity index (χ4n) is 1.77. The molecule has 0 aliphatic heterocycles. The zero-order valence-electron chi connectivity index (χ0n) is 12.5. The number of alkyl halides is 3. The van der Waals surface area contributed by atoms with E-state index in [1.54, 1.807) is 0 Å². The minimum absolute atomic E-state index is 0.128. The Balaban J connectivity index is 2.48. The van der Waals surface area contributed by atoms with Crippen molar-refractivity contribution in [1.29, 1.82) is 0 Å². The molecule has 0 saturated carbocycles. The van der Waals surface area contributed by atoms with Crippen LogP contribution in [0.5, 0.6) is 0 Å². The Bertz CT molecular complexity index is 787. The molecule has 23 heavy (non-hydrogen) atoms. The Morgan fingerprint density at radius 1 is 1.22 bits per heavy atom. The quantitative estimate of drug-likeness (QED) is 0.835. The van der Waals surface area contributed by atoms with Crippen molar-refractivity contribution in [3.63, 3.8) is 0 Å². The third-order valence-corrected chi connectivity index (χ3v) is 6.17. The Labute approximate surface area is 135 Å². The number of anilines is 1. The second kappa shape index (κ2) is 5.75. The highest BCUT2D eigenvalue weighted by Gasteiger charge is 2.48. The first-order valence-corrected chi connectivity index (χ1v) is 8.72. The van der Waals surface area contributed by atoms with Crippen molar-refractivity contribution in [2.24, 2.45) is 0 Å². The van der Waals surface area contributed by atoms with Crippen molar-refractivity contribution in [3.8, 4) is 0 Å². The van der Waals surface area contributed by atoms with Crippen LogP contribution in [-0.4, -0.2) is 31.8 Å². The average Bonchev–Trinajstić information content (AvgIpc) is 2.99. The number of benzene rings is 1. The first kappa shape index (κ1) is 17.7. The summed E-state index contributed by atoms with van der Waals surface area (Å²) in [5, 5.41) is 7.34. The topological polar surface area (TPSA) is 63.2 Å². The van der Waals surface area contributed by atoms with Crippen LogP contribution in [0.2, 0.25) is 0 Å². The molecule has 0 bridgehead atoms. The molecule has 0 unspecified atom stereocenters. The van der Waals surface area contributed by atoms with Crippen molar-refractivity contribution in [2.75, 3.05) is 11.4 Å². The first-order chi connectivity index (χ1) is 10.5. The summed E-state index contributed by atoms with van der Waals surface area (Å²) in [5.41, 5.74) is -0.929. The molecule has 1 heterocycles. The number of hydrogen-bond donors (Lipinski definition) is 0. The zero-order chi connectivity index (χ0) is 17.5. The lowest BCUT2D eigenvalue weighted by atomic mass is 9.84. The highest BCUT2D eigenvalue weighted by Crippen LogP contribution is 2.41. The summed E-state index contributed by atoms with van der Waals surface area (Å²) >= 11 is 1.01. The lowest BCUT2D eigenvalue weighted by molar-refractivity contribution is -0.180. The van der Waals surface area contributed by atoms with E-state index in [0.29, 0.717) is 0 Å². The standard InChI is InChI=1S/C13H14F3N3O2S2/c1-12(2,13(14,15)16)9-5-4-6-10(7-9)23(20,21)19(3)11-18-17-8-22-11/h4-8H,1-3H3. The maximum Gasteiger partial charge on any atom is 0.397 e. The molecule has 126 valence electrons. The van der Waals surface area contributed by atoms with Gasteiger partial charge in [-0.1, -0.05) is 23.5 Å². The van der Waals surface area contributed by atoms with Crippen molar-refractivity contribution in [1.82, 2.24) is 10.2 Å². The van der Waals surface area contributed by atoms with Gasteiger partial charge in [-0.05, 0) is 31.5 Å². The number of aromatic nitrogens is 2. The van der Waals surface area contributed by atoms with E-state index in [1.807, 2.05) is 0 Å². The summed E-state index contributed by atoms with van der Waals surface area (Å²) in [5.74, 6) is 0. The van der Waals surface area contributed by atoms with Crippen LogP contribution >= 0.6 is 11.3 Å². The lowest BCUT2D eigenvalue weighted by Crippen LogP contribution is -2.36. The van der Waals surface area contributed by atoms with E-state index in [1.165, 1.54) is 30.8 Å². The molecule has 5 nitrogen and oxygen atoms in total. The molecule has 10 heteroatoms. The second-order valence-electron chi connectivity index (χ2n) is 5.34. The van der Waals surface area contributed by atoms with Gasteiger partial charge in [0.1, 0.15) is 5.51 Å². The molecular formula is C13H14F3N3O2S2. The summed E-state index contributed by atoms with van der Waals surface area (Å²) in [4.78, 5) is -0.231. The van der Waals surface area contributed by atoms with Gasteiger partial charge in [0, 0.05) is 7.05 Å². The van der Waals surface area contributed by atoms with Gasteiger partial charge < -0.3 is 0 Å². The van der Waals surface area contributed by atoms with Crippen molar-refractivity contribution in [3.05, 3.63) is 35.3 Å². The van der Waals surface area contributed by atoms with E-state index in [0.717, 1.165) is 35.6 Å². The van der Waals surface area contributed by atoms with Crippen molar-refractivity contribution in [2.45, 2.75) is 30.3 Å². The van der Waals surface area contributed by atoms with Crippen LogP contribution < -0.4 is 4.31 Å². The van der Waals surface area contributed by atoms with Crippen LogP contribution in [0.15, 0.2) is 34.7 Å². The third kappa shape index (κ3) is 3.18. The van der Waals surface area contributed by atoms with Gasteiger partial charge in [-0.15, -0.1) is 10.2 Å². The molecule has 2 rings (SSSR count). The van der Waals surface area contributed by atoms with E-state index in [4.69, 9.17) is 0 Å². The Hall–Kier alpha value is -1.68. The van der Waals surface area contributed by atoms with Gasteiger partial charge in [-0.25, -0.2) is 12.7 Å². The molecule has 0 amide bonds. The van der Waals surface area contributed by atoms with Crippen molar-refractivity contribution < 1.29 is 21.6 Å². The van der Waals surface area contributed by atoms with E-state index in [9.17, 15) is 21.6 Å². The number of hydrogen-bond acceptors (Lipinski definition) is 5. The number of sulfonamides is 1. The fraction of sp³-hybridized carbons (Fsp3) is 0.385. The lowest BCUT2D eigenvalue weighted by Gasteiger charge is -2.28. The predicted octanol–water partition coefficient (Wildman–Crippen LogP) is 3.20. The van der Waals surface area contributed by atoms with Gasteiger partial charge in [0.25, 0.3) is 10.0 Å². The average molecular weight is 365 g/mol. The van der Waals surface area contributed by atoms with E-state index in [-0.39, 0.29) is 15.6 Å². The minimum atomic E-state index is -4.50. The van der Waals surface area contributed by atoms with Crippen LogP contribution in [0.25, 0.3) is 0 Å². The molecule has 0 saturated heterocycles. The molecule has 1 aromatic carbocycles. The first-order valence-electron chi connectivity index (χ1n) is 6.40. The molecule has 0 aliphatic rings. The summed E-state index contributed by atoms with van der Waals surface area (Å²) < 4.78 is 65.4. The highest BCUT2D eigenvalue weighted by atomic mass is 32.2. The summed E-state index contributed by atoms with van der Waals surface area (Å²) in [7, 11) is -2.74. The second-order valence-corrected chi connectivity index (χ2v) is 8.13. The summed E-state index contributed by atoms with van der Waals surface area (Å²) in [6.45, 7) is 2.01. The van der Waals surface area contributed by atoms with E-state index in [2.05, 4.69) is 10.2 Å². The molecule has 2 aromatic rings. The number of nitrogens with zero attached hydrogens (tertiary/aromatic N) is 3. The number of rotatable bonds is 4. The molecule has 0 N–H and O–H groups in total.